The highest BCUT2D eigenvalue weighted by Crippen LogP contribution is 2.20. The van der Waals surface area contributed by atoms with Gasteiger partial charge in [0.05, 0.1) is 12.5 Å². The molecule has 0 radical (unpaired) electrons. The number of aromatic amines is 1. The molecule has 0 saturated carbocycles. The average Bonchev–Trinajstić information content (AvgIpc) is 3.15. The number of hydrogen-bond acceptors (Lipinski definition) is 5. The molecule has 0 saturated heterocycles. The molecule has 0 atom stereocenters. The van der Waals surface area contributed by atoms with Crippen LogP contribution >= 0.6 is 12.2 Å². The molecule has 3 rings (SSSR count). The number of benzene rings is 1. The smallest absolute Gasteiger partial charge is 0.387 e. The molecule has 6 nitrogen and oxygen atoms in total. The summed E-state index contributed by atoms with van der Waals surface area (Å²) < 4.78 is 36.1. The Morgan fingerprint density at radius 3 is 2.87 bits per heavy atom. The average molecular weight is 336 g/mol. The van der Waals surface area contributed by atoms with E-state index in [9.17, 15) is 8.78 Å². The third kappa shape index (κ3) is 3.34. The zero-order valence-corrected chi connectivity index (χ0v) is 12.3. The third-order valence-electron chi connectivity index (χ3n) is 2.84. The molecule has 0 unspecified atom stereocenters. The van der Waals surface area contributed by atoms with Gasteiger partial charge >= 0.3 is 6.61 Å². The number of nitrogens with zero attached hydrogens (tertiary/aromatic N) is 3. The molecule has 1 aromatic carbocycles. The van der Waals surface area contributed by atoms with Gasteiger partial charge in [-0.25, -0.2) is 5.10 Å². The van der Waals surface area contributed by atoms with E-state index in [1.54, 1.807) is 30.3 Å². The standard InChI is InChI=1S/C14H10F2N4O2S/c15-13(16)22-10-5-2-1-4-9(10)8-17-20-12(18-19-14(20)23)11-6-3-7-21-11/h1-8,13H,(H,19,23)/b17-8-. The largest absolute Gasteiger partial charge is 0.461 e. The van der Waals surface area contributed by atoms with Crippen LogP contribution in [-0.4, -0.2) is 27.7 Å². The summed E-state index contributed by atoms with van der Waals surface area (Å²) >= 11 is 5.10. The van der Waals surface area contributed by atoms with Crippen molar-refractivity contribution in [2.75, 3.05) is 0 Å². The fourth-order valence-electron chi connectivity index (χ4n) is 1.87. The van der Waals surface area contributed by atoms with Gasteiger partial charge in [-0.3, -0.25) is 0 Å². The lowest BCUT2D eigenvalue weighted by atomic mass is 10.2. The minimum absolute atomic E-state index is 0.0146. The van der Waals surface area contributed by atoms with E-state index in [1.807, 2.05) is 0 Å². The maximum atomic E-state index is 12.4. The minimum Gasteiger partial charge on any atom is -0.461 e. The van der Waals surface area contributed by atoms with E-state index in [-0.39, 0.29) is 10.5 Å². The van der Waals surface area contributed by atoms with Gasteiger partial charge in [-0.2, -0.15) is 18.6 Å². The van der Waals surface area contributed by atoms with Crippen molar-refractivity contribution in [1.29, 1.82) is 0 Å². The quantitative estimate of drug-likeness (QED) is 0.570. The summed E-state index contributed by atoms with van der Waals surface area (Å²) in [5.41, 5.74) is 0.376. The summed E-state index contributed by atoms with van der Waals surface area (Å²) in [5, 5.41) is 10.8. The molecule has 0 aliphatic carbocycles. The Bertz CT molecular complexity index is 871. The molecule has 0 amide bonds. The Hall–Kier alpha value is -2.81. The third-order valence-corrected chi connectivity index (χ3v) is 3.10. The maximum absolute atomic E-state index is 12.4. The number of rotatable bonds is 5. The number of H-pyrrole nitrogens is 1. The van der Waals surface area contributed by atoms with Crippen molar-refractivity contribution in [2.45, 2.75) is 6.61 Å². The second kappa shape index (κ2) is 6.53. The molecule has 0 bridgehead atoms. The lowest BCUT2D eigenvalue weighted by molar-refractivity contribution is -0.0499. The molecule has 0 aliphatic rings. The number of hydrogen-bond donors (Lipinski definition) is 1. The number of nitrogens with one attached hydrogen (secondary N) is 1. The van der Waals surface area contributed by atoms with Crippen molar-refractivity contribution in [3.05, 3.63) is 53.0 Å². The van der Waals surface area contributed by atoms with Gasteiger partial charge in [-0.15, -0.1) is 5.10 Å². The lowest BCUT2D eigenvalue weighted by Crippen LogP contribution is -2.04. The van der Waals surface area contributed by atoms with Crippen LogP contribution in [0.2, 0.25) is 0 Å². The molecule has 3 aromatic rings. The van der Waals surface area contributed by atoms with E-state index < -0.39 is 6.61 Å². The van der Waals surface area contributed by atoms with E-state index in [0.29, 0.717) is 17.1 Å². The summed E-state index contributed by atoms with van der Waals surface area (Å²) in [7, 11) is 0. The van der Waals surface area contributed by atoms with Crippen LogP contribution in [0.15, 0.2) is 52.2 Å². The molecule has 23 heavy (non-hydrogen) atoms. The van der Waals surface area contributed by atoms with Gasteiger partial charge in [0, 0.05) is 5.56 Å². The molecule has 1 N–H and O–H groups in total. The zero-order chi connectivity index (χ0) is 16.2. The second-order valence-electron chi connectivity index (χ2n) is 4.30. The van der Waals surface area contributed by atoms with Crippen LogP contribution in [0.25, 0.3) is 11.6 Å². The fraction of sp³-hybridized carbons (Fsp3) is 0.0714. The SMILES string of the molecule is FC(F)Oc1ccccc1/C=N\n1c(-c2ccco2)n[nH]c1=S. The van der Waals surface area contributed by atoms with Crippen molar-refractivity contribution in [2.24, 2.45) is 5.10 Å². The van der Waals surface area contributed by atoms with Crippen molar-refractivity contribution in [3.8, 4) is 17.3 Å². The highest BCUT2D eigenvalue weighted by Gasteiger charge is 2.11. The van der Waals surface area contributed by atoms with Crippen LogP contribution in [0.1, 0.15) is 5.56 Å². The predicted molar refractivity (Wildman–Crippen MR) is 81.2 cm³/mol. The Balaban J connectivity index is 1.96. The Morgan fingerprint density at radius 2 is 2.13 bits per heavy atom. The molecule has 2 aromatic heterocycles. The van der Waals surface area contributed by atoms with Crippen LogP contribution in [0, 0.1) is 4.77 Å². The van der Waals surface area contributed by atoms with Crippen LogP contribution in [-0.2, 0) is 0 Å². The number of aromatic nitrogens is 3. The summed E-state index contributed by atoms with van der Waals surface area (Å²) in [5.74, 6) is 0.843. The van der Waals surface area contributed by atoms with Crippen LogP contribution in [0.3, 0.4) is 0 Å². The van der Waals surface area contributed by atoms with Crippen molar-refractivity contribution < 1.29 is 17.9 Å². The molecule has 2 heterocycles. The summed E-state index contributed by atoms with van der Waals surface area (Å²) in [6.07, 6.45) is 2.85. The van der Waals surface area contributed by atoms with Gasteiger partial charge < -0.3 is 9.15 Å². The maximum Gasteiger partial charge on any atom is 0.387 e. The Kier molecular flexibility index (Phi) is 4.29. The Morgan fingerprint density at radius 1 is 1.30 bits per heavy atom. The molecular weight excluding hydrogens is 326 g/mol. The van der Waals surface area contributed by atoms with Gasteiger partial charge in [0.2, 0.25) is 10.6 Å². The molecule has 118 valence electrons. The van der Waals surface area contributed by atoms with E-state index >= 15 is 0 Å². The first-order chi connectivity index (χ1) is 11.1. The zero-order valence-electron chi connectivity index (χ0n) is 11.5. The molecule has 9 heteroatoms. The Labute approximate surface area is 134 Å². The topological polar surface area (TPSA) is 68.3 Å². The van der Waals surface area contributed by atoms with Gasteiger partial charge in [0.25, 0.3) is 0 Å². The number of furan rings is 1. The number of ether oxygens (including phenoxy) is 1. The van der Waals surface area contributed by atoms with Crippen molar-refractivity contribution in [3.63, 3.8) is 0 Å². The highest BCUT2D eigenvalue weighted by atomic mass is 32.1. The van der Waals surface area contributed by atoms with E-state index in [1.165, 1.54) is 23.2 Å². The number of para-hydroxylation sites is 1. The monoisotopic (exact) mass is 336 g/mol. The summed E-state index contributed by atoms with van der Waals surface area (Å²) in [6.45, 7) is -2.92. The highest BCUT2D eigenvalue weighted by molar-refractivity contribution is 7.71. The van der Waals surface area contributed by atoms with E-state index in [2.05, 4.69) is 20.0 Å². The van der Waals surface area contributed by atoms with Crippen molar-refractivity contribution >= 4 is 18.4 Å². The van der Waals surface area contributed by atoms with Crippen LogP contribution in [0.4, 0.5) is 8.78 Å². The normalized spacial score (nSPS) is 11.4. The minimum atomic E-state index is -2.92. The fourth-order valence-corrected chi connectivity index (χ4v) is 2.05. The van der Waals surface area contributed by atoms with E-state index in [4.69, 9.17) is 16.6 Å². The summed E-state index contributed by atoms with van der Waals surface area (Å²) in [4.78, 5) is 0. The molecule has 0 spiro atoms. The van der Waals surface area contributed by atoms with E-state index in [0.717, 1.165) is 0 Å². The first-order valence-corrected chi connectivity index (χ1v) is 6.85. The van der Waals surface area contributed by atoms with Crippen LogP contribution < -0.4 is 4.74 Å². The van der Waals surface area contributed by atoms with Crippen LogP contribution in [0.5, 0.6) is 5.75 Å². The number of alkyl halides is 2. The second-order valence-corrected chi connectivity index (χ2v) is 4.69. The first kappa shape index (κ1) is 15.1. The molecule has 0 aliphatic heterocycles. The van der Waals surface area contributed by atoms with Crippen molar-refractivity contribution in [1.82, 2.24) is 14.9 Å². The molecule has 0 fully saturated rings. The molecular formula is C14H10F2N4O2S. The van der Waals surface area contributed by atoms with Gasteiger partial charge in [-0.05, 0) is 36.5 Å². The lowest BCUT2D eigenvalue weighted by Gasteiger charge is -2.06. The first-order valence-electron chi connectivity index (χ1n) is 6.44. The van der Waals surface area contributed by atoms with Gasteiger partial charge in [-0.1, -0.05) is 12.1 Å². The number of halogens is 2. The summed E-state index contributed by atoms with van der Waals surface area (Å²) in [6, 6.07) is 9.69. The van der Waals surface area contributed by atoms with Gasteiger partial charge in [0.1, 0.15) is 5.75 Å². The predicted octanol–water partition coefficient (Wildman–Crippen LogP) is 3.68. The van der Waals surface area contributed by atoms with Gasteiger partial charge in [0.15, 0.2) is 5.76 Å².